The van der Waals surface area contributed by atoms with E-state index in [2.05, 4.69) is 5.32 Å². The van der Waals surface area contributed by atoms with Crippen molar-refractivity contribution in [3.05, 3.63) is 28.8 Å². The topological polar surface area (TPSA) is 84.6 Å². The molecular formula is C11H15ClN2O3. The van der Waals surface area contributed by atoms with E-state index in [-0.39, 0.29) is 24.1 Å². The molecule has 0 saturated heterocycles. The zero-order valence-electron chi connectivity index (χ0n) is 9.44. The lowest BCUT2D eigenvalue weighted by Crippen LogP contribution is -2.34. The molecule has 94 valence electrons. The maximum atomic E-state index is 11.7. The maximum absolute atomic E-state index is 11.7. The Morgan fingerprint density at radius 1 is 1.65 bits per heavy atom. The third-order valence-electron chi connectivity index (χ3n) is 2.10. The van der Waals surface area contributed by atoms with Crippen molar-refractivity contribution in [2.24, 2.45) is 0 Å². The SMILES string of the molecule is COCC(O)CNC(=O)c1ccc(N)cc1Cl. The number of nitrogens with one attached hydrogen (secondary N) is 1. The summed E-state index contributed by atoms with van der Waals surface area (Å²) in [7, 11) is 1.47. The number of amides is 1. The Morgan fingerprint density at radius 2 is 2.35 bits per heavy atom. The minimum absolute atomic E-state index is 0.105. The fraction of sp³-hybridized carbons (Fsp3) is 0.364. The first-order valence-corrected chi connectivity index (χ1v) is 5.42. The number of carbonyl (C=O) groups excluding carboxylic acids is 1. The molecule has 0 aliphatic heterocycles. The van der Waals surface area contributed by atoms with Crippen LogP contribution in [0.2, 0.25) is 5.02 Å². The molecule has 6 heteroatoms. The number of benzene rings is 1. The number of aliphatic hydroxyl groups excluding tert-OH is 1. The van der Waals surface area contributed by atoms with Gasteiger partial charge in [0.1, 0.15) is 0 Å². The first-order chi connectivity index (χ1) is 8.04. The van der Waals surface area contributed by atoms with Crippen molar-refractivity contribution in [2.45, 2.75) is 6.10 Å². The number of hydrogen-bond acceptors (Lipinski definition) is 4. The Morgan fingerprint density at radius 3 is 2.94 bits per heavy atom. The van der Waals surface area contributed by atoms with E-state index in [1.165, 1.54) is 19.2 Å². The summed E-state index contributed by atoms with van der Waals surface area (Å²) in [5, 5.41) is 12.2. The summed E-state index contributed by atoms with van der Waals surface area (Å²) in [6, 6.07) is 4.63. The van der Waals surface area contributed by atoms with Crippen molar-refractivity contribution in [2.75, 3.05) is 26.0 Å². The maximum Gasteiger partial charge on any atom is 0.252 e. The van der Waals surface area contributed by atoms with Crippen LogP contribution in [0, 0.1) is 0 Å². The van der Waals surface area contributed by atoms with E-state index in [0.29, 0.717) is 11.3 Å². The second kappa shape index (κ2) is 6.44. The van der Waals surface area contributed by atoms with E-state index >= 15 is 0 Å². The number of ether oxygens (including phenoxy) is 1. The van der Waals surface area contributed by atoms with Gasteiger partial charge in [0.25, 0.3) is 5.91 Å². The number of methoxy groups -OCH3 is 1. The van der Waals surface area contributed by atoms with E-state index < -0.39 is 6.10 Å². The third-order valence-corrected chi connectivity index (χ3v) is 2.41. The summed E-state index contributed by atoms with van der Waals surface area (Å²) in [6.07, 6.45) is -0.739. The minimum Gasteiger partial charge on any atom is -0.399 e. The molecular weight excluding hydrogens is 244 g/mol. The molecule has 0 aromatic heterocycles. The number of halogens is 1. The number of hydrogen-bond donors (Lipinski definition) is 3. The molecule has 1 aromatic carbocycles. The highest BCUT2D eigenvalue weighted by Gasteiger charge is 2.12. The summed E-state index contributed by atoms with van der Waals surface area (Å²) in [5.41, 5.74) is 6.33. The Labute approximate surface area is 105 Å². The standard InChI is InChI=1S/C11H15ClN2O3/c1-17-6-8(15)5-14-11(16)9-3-2-7(13)4-10(9)12/h2-4,8,15H,5-6,13H2,1H3,(H,14,16). The number of rotatable bonds is 5. The Hall–Kier alpha value is -1.30. The van der Waals surface area contributed by atoms with Crippen LogP contribution < -0.4 is 11.1 Å². The Kier molecular flexibility index (Phi) is 5.21. The predicted molar refractivity (Wildman–Crippen MR) is 66.1 cm³/mol. The molecule has 0 heterocycles. The predicted octanol–water partition coefficient (Wildman–Crippen LogP) is 0.659. The first-order valence-electron chi connectivity index (χ1n) is 5.04. The molecule has 1 unspecified atom stereocenters. The van der Waals surface area contributed by atoms with Crippen molar-refractivity contribution < 1.29 is 14.6 Å². The van der Waals surface area contributed by atoms with Gasteiger partial charge in [-0.15, -0.1) is 0 Å². The average molecular weight is 259 g/mol. The summed E-state index contributed by atoms with van der Waals surface area (Å²) in [4.78, 5) is 11.7. The molecule has 1 atom stereocenters. The van der Waals surface area contributed by atoms with Crippen molar-refractivity contribution in [1.29, 1.82) is 0 Å². The Bertz CT molecular complexity index is 398. The van der Waals surface area contributed by atoms with Gasteiger partial charge in [0.2, 0.25) is 0 Å². The van der Waals surface area contributed by atoms with Gasteiger partial charge in [0.05, 0.1) is 23.3 Å². The van der Waals surface area contributed by atoms with E-state index in [1.807, 2.05) is 0 Å². The fourth-order valence-corrected chi connectivity index (χ4v) is 1.55. The monoisotopic (exact) mass is 258 g/mol. The molecule has 5 nitrogen and oxygen atoms in total. The molecule has 0 aliphatic rings. The minimum atomic E-state index is -0.739. The van der Waals surface area contributed by atoms with E-state index in [9.17, 15) is 9.90 Å². The lowest BCUT2D eigenvalue weighted by Gasteiger charge is -2.11. The highest BCUT2D eigenvalue weighted by molar-refractivity contribution is 6.34. The fourth-order valence-electron chi connectivity index (χ4n) is 1.27. The lowest BCUT2D eigenvalue weighted by molar-refractivity contribution is 0.0610. The van der Waals surface area contributed by atoms with Crippen LogP contribution in [0.25, 0.3) is 0 Å². The van der Waals surface area contributed by atoms with Crippen LogP contribution in [-0.2, 0) is 4.74 Å². The van der Waals surface area contributed by atoms with Crippen LogP contribution in [0.3, 0.4) is 0 Å². The Balaban J connectivity index is 2.58. The van der Waals surface area contributed by atoms with Crippen LogP contribution in [0.1, 0.15) is 10.4 Å². The number of anilines is 1. The van der Waals surface area contributed by atoms with Gasteiger partial charge in [-0.1, -0.05) is 11.6 Å². The zero-order chi connectivity index (χ0) is 12.8. The van der Waals surface area contributed by atoms with Gasteiger partial charge < -0.3 is 20.9 Å². The van der Waals surface area contributed by atoms with E-state index in [0.717, 1.165) is 0 Å². The van der Waals surface area contributed by atoms with Gasteiger partial charge in [-0.2, -0.15) is 0 Å². The van der Waals surface area contributed by atoms with E-state index in [1.54, 1.807) is 6.07 Å². The van der Waals surface area contributed by atoms with Crippen LogP contribution in [0.15, 0.2) is 18.2 Å². The molecule has 4 N–H and O–H groups in total. The van der Waals surface area contributed by atoms with Gasteiger partial charge in [0, 0.05) is 19.3 Å². The van der Waals surface area contributed by atoms with Crippen molar-refractivity contribution >= 4 is 23.2 Å². The van der Waals surface area contributed by atoms with Gasteiger partial charge in [-0.25, -0.2) is 0 Å². The summed E-state index contributed by atoms with van der Waals surface area (Å²) in [5.74, 6) is -0.356. The molecule has 0 spiro atoms. The number of aliphatic hydroxyl groups is 1. The first kappa shape index (κ1) is 13.8. The van der Waals surface area contributed by atoms with Gasteiger partial charge in [-0.3, -0.25) is 4.79 Å². The quantitative estimate of drug-likeness (QED) is 0.678. The highest BCUT2D eigenvalue weighted by atomic mass is 35.5. The summed E-state index contributed by atoms with van der Waals surface area (Å²) in [6.45, 7) is 0.267. The molecule has 0 aliphatic carbocycles. The number of nitrogens with two attached hydrogens (primary N) is 1. The third kappa shape index (κ3) is 4.22. The summed E-state index contributed by atoms with van der Waals surface area (Å²) >= 11 is 5.87. The van der Waals surface area contributed by atoms with Crippen molar-refractivity contribution in [3.63, 3.8) is 0 Å². The normalized spacial score (nSPS) is 12.2. The van der Waals surface area contributed by atoms with Gasteiger partial charge >= 0.3 is 0 Å². The highest BCUT2D eigenvalue weighted by Crippen LogP contribution is 2.18. The smallest absolute Gasteiger partial charge is 0.252 e. The molecule has 1 aromatic rings. The summed E-state index contributed by atoms with van der Waals surface area (Å²) < 4.78 is 4.74. The van der Waals surface area contributed by atoms with Crippen LogP contribution in [-0.4, -0.2) is 37.4 Å². The molecule has 1 amide bonds. The largest absolute Gasteiger partial charge is 0.399 e. The van der Waals surface area contributed by atoms with Gasteiger partial charge in [0.15, 0.2) is 0 Å². The number of carbonyl (C=O) groups is 1. The van der Waals surface area contributed by atoms with Crippen molar-refractivity contribution in [1.82, 2.24) is 5.32 Å². The van der Waals surface area contributed by atoms with Gasteiger partial charge in [-0.05, 0) is 18.2 Å². The molecule has 0 radical (unpaired) electrons. The second-order valence-electron chi connectivity index (χ2n) is 3.56. The van der Waals surface area contributed by atoms with Crippen molar-refractivity contribution in [3.8, 4) is 0 Å². The molecule has 1 rings (SSSR count). The van der Waals surface area contributed by atoms with Crippen LogP contribution in [0.5, 0.6) is 0 Å². The van der Waals surface area contributed by atoms with Crippen LogP contribution in [0.4, 0.5) is 5.69 Å². The second-order valence-corrected chi connectivity index (χ2v) is 3.97. The molecule has 0 fully saturated rings. The lowest BCUT2D eigenvalue weighted by atomic mass is 10.2. The molecule has 0 saturated carbocycles. The average Bonchev–Trinajstić information content (AvgIpc) is 2.26. The van der Waals surface area contributed by atoms with E-state index in [4.69, 9.17) is 22.1 Å². The molecule has 0 bridgehead atoms. The van der Waals surface area contributed by atoms with Crippen LogP contribution >= 0.6 is 11.6 Å². The zero-order valence-corrected chi connectivity index (χ0v) is 10.2. The molecule has 17 heavy (non-hydrogen) atoms. The number of nitrogen functional groups attached to an aromatic ring is 1.